The summed E-state index contributed by atoms with van der Waals surface area (Å²) >= 11 is 0. The van der Waals surface area contributed by atoms with Crippen LogP contribution in [0.2, 0.25) is 0 Å². The minimum Gasteiger partial charge on any atom is -0.497 e. The summed E-state index contributed by atoms with van der Waals surface area (Å²) in [5, 5.41) is 0. The monoisotopic (exact) mass is 331 g/mol. The molecule has 1 saturated carbocycles. The molecular weight excluding hydrogens is 310 g/mol. The van der Waals surface area contributed by atoms with Gasteiger partial charge in [0.2, 0.25) is 17.7 Å². The standard InChI is InChI=1S/C17H21N3O4/c1-12(21)19(13-3-4-13)10-16(22)18-9-17(23)20(11-18)14-5-7-15(24-2)8-6-14/h5-8,13H,3-4,9-11H2,1-2H3. The summed E-state index contributed by atoms with van der Waals surface area (Å²) in [4.78, 5) is 41.0. The average molecular weight is 331 g/mol. The molecule has 7 heteroatoms. The summed E-state index contributed by atoms with van der Waals surface area (Å²) in [6.07, 6.45) is 1.90. The van der Waals surface area contributed by atoms with Crippen molar-refractivity contribution in [2.75, 3.05) is 31.8 Å². The Morgan fingerprint density at radius 3 is 2.46 bits per heavy atom. The molecule has 0 radical (unpaired) electrons. The van der Waals surface area contributed by atoms with Crippen LogP contribution < -0.4 is 9.64 Å². The Labute approximate surface area is 140 Å². The van der Waals surface area contributed by atoms with E-state index in [-0.39, 0.29) is 43.5 Å². The van der Waals surface area contributed by atoms with E-state index in [2.05, 4.69) is 0 Å². The summed E-state index contributed by atoms with van der Waals surface area (Å²) in [6.45, 7) is 1.77. The molecule has 0 unspecified atom stereocenters. The van der Waals surface area contributed by atoms with E-state index < -0.39 is 0 Å². The van der Waals surface area contributed by atoms with Crippen LogP contribution in [-0.4, -0.2) is 60.4 Å². The minimum atomic E-state index is -0.193. The Morgan fingerprint density at radius 2 is 1.92 bits per heavy atom. The highest BCUT2D eigenvalue weighted by molar-refractivity contribution is 6.00. The fourth-order valence-electron chi connectivity index (χ4n) is 2.83. The second-order valence-electron chi connectivity index (χ2n) is 6.13. The molecular formula is C17H21N3O4. The number of rotatable bonds is 5. The summed E-state index contributed by atoms with van der Waals surface area (Å²) in [5.74, 6) is 0.291. The van der Waals surface area contributed by atoms with Crippen molar-refractivity contribution in [3.63, 3.8) is 0 Å². The Hall–Kier alpha value is -2.57. The molecule has 1 saturated heterocycles. The van der Waals surface area contributed by atoms with Crippen LogP contribution in [0.15, 0.2) is 24.3 Å². The van der Waals surface area contributed by atoms with Crippen LogP contribution >= 0.6 is 0 Å². The van der Waals surface area contributed by atoms with E-state index in [4.69, 9.17) is 4.74 Å². The van der Waals surface area contributed by atoms with E-state index >= 15 is 0 Å². The largest absolute Gasteiger partial charge is 0.497 e. The van der Waals surface area contributed by atoms with E-state index in [1.807, 2.05) is 0 Å². The molecule has 128 valence electrons. The average Bonchev–Trinajstić information content (AvgIpc) is 3.33. The zero-order valence-corrected chi connectivity index (χ0v) is 13.9. The lowest BCUT2D eigenvalue weighted by molar-refractivity contribution is -0.139. The molecule has 1 aromatic rings. The predicted octanol–water partition coefficient (Wildman–Crippen LogP) is 0.839. The van der Waals surface area contributed by atoms with Crippen molar-refractivity contribution in [1.82, 2.24) is 9.80 Å². The van der Waals surface area contributed by atoms with Crippen LogP contribution in [-0.2, 0) is 14.4 Å². The first-order valence-corrected chi connectivity index (χ1v) is 7.99. The van der Waals surface area contributed by atoms with E-state index in [0.717, 1.165) is 18.5 Å². The maximum atomic E-state index is 12.4. The highest BCUT2D eigenvalue weighted by Gasteiger charge is 2.36. The van der Waals surface area contributed by atoms with Crippen molar-refractivity contribution >= 4 is 23.4 Å². The second-order valence-corrected chi connectivity index (χ2v) is 6.13. The van der Waals surface area contributed by atoms with Gasteiger partial charge in [0.1, 0.15) is 25.5 Å². The summed E-state index contributed by atoms with van der Waals surface area (Å²) in [6, 6.07) is 7.31. The number of methoxy groups -OCH3 is 1. The van der Waals surface area contributed by atoms with Gasteiger partial charge in [-0.3, -0.25) is 19.3 Å². The van der Waals surface area contributed by atoms with Gasteiger partial charge in [0.05, 0.1) is 7.11 Å². The first-order chi connectivity index (χ1) is 11.5. The number of hydrogen-bond donors (Lipinski definition) is 0. The van der Waals surface area contributed by atoms with Gasteiger partial charge in [-0.1, -0.05) is 0 Å². The third-order valence-corrected chi connectivity index (χ3v) is 4.37. The molecule has 0 bridgehead atoms. The van der Waals surface area contributed by atoms with Crippen molar-refractivity contribution in [2.24, 2.45) is 0 Å². The van der Waals surface area contributed by atoms with Crippen molar-refractivity contribution in [3.05, 3.63) is 24.3 Å². The third-order valence-electron chi connectivity index (χ3n) is 4.37. The van der Waals surface area contributed by atoms with Crippen molar-refractivity contribution < 1.29 is 19.1 Å². The number of anilines is 1. The Balaban J connectivity index is 1.64. The Morgan fingerprint density at radius 1 is 1.25 bits per heavy atom. The number of amides is 3. The molecule has 7 nitrogen and oxygen atoms in total. The SMILES string of the molecule is COc1ccc(N2CN(C(=O)CN(C(C)=O)C3CC3)CC2=O)cc1. The first-order valence-electron chi connectivity index (χ1n) is 7.99. The molecule has 0 atom stereocenters. The van der Waals surface area contributed by atoms with Crippen LogP contribution in [0.25, 0.3) is 0 Å². The van der Waals surface area contributed by atoms with Gasteiger partial charge in [-0.05, 0) is 37.1 Å². The van der Waals surface area contributed by atoms with Gasteiger partial charge in [-0.25, -0.2) is 0 Å². The lowest BCUT2D eigenvalue weighted by Gasteiger charge is -2.23. The summed E-state index contributed by atoms with van der Waals surface area (Å²) in [5.41, 5.74) is 0.724. The second kappa shape index (κ2) is 6.51. The first kappa shape index (κ1) is 16.3. The maximum Gasteiger partial charge on any atom is 0.248 e. The van der Waals surface area contributed by atoms with Gasteiger partial charge in [-0.2, -0.15) is 0 Å². The summed E-state index contributed by atoms with van der Waals surface area (Å²) < 4.78 is 5.11. The molecule has 0 N–H and O–H groups in total. The zero-order chi connectivity index (χ0) is 17.3. The minimum absolute atomic E-state index is 0.0429. The number of benzene rings is 1. The highest BCUT2D eigenvalue weighted by atomic mass is 16.5. The van der Waals surface area contributed by atoms with Crippen molar-refractivity contribution in [2.45, 2.75) is 25.8 Å². The normalized spacial score (nSPS) is 17.2. The van der Waals surface area contributed by atoms with Gasteiger partial charge < -0.3 is 14.5 Å². The van der Waals surface area contributed by atoms with E-state index in [1.165, 1.54) is 11.8 Å². The number of carbonyl (C=O) groups excluding carboxylic acids is 3. The molecule has 2 aliphatic rings. The number of carbonyl (C=O) groups is 3. The van der Waals surface area contributed by atoms with Crippen molar-refractivity contribution in [3.8, 4) is 5.75 Å². The van der Waals surface area contributed by atoms with Crippen LogP contribution in [0.5, 0.6) is 5.75 Å². The highest BCUT2D eigenvalue weighted by Crippen LogP contribution is 2.27. The van der Waals surface area contributed by atoms with Crippen LogP contribution in [0.3, 0.4) is 0 Å². The molecule has 1 aliphatic carbocycles. The van der Waals surface area contributed by atoms with E-state index in [1.54, 1.807) is 41.2 Å². The zero-order valence-electron chi connectivity index (χ0n) is 13.9. The van der Waals surface area contributed by atoms with E-state index in [9.17, 15) is 14.4 Å². The van der Waals surface area contributed by atoms with Crippen LogP contribution in [0.4, 0.5) is 5.69 Å². The van der Waals surface area contributed by atoms with Gasteiger partial charge in [0, 0.05) is 18.7 Å². The van der Waals surface area contributed by atoms with Gasteiger partial charge >= 0.3 is 0 Å². The molecule has 1 aliphatic heterocycles. The number of nitrogens with zero attached hydrogens (tertiary/aromatic N) is 3. The quantitative estimate of drug-likeness (QED) is 0.802. The number of ether oxygens (including phenoxy) is 1. The maximum absolute atomic E-state index is 12.4. The van der Waals surface area contributed by atoms with Gasteiger partial charge in [0.15, 0.2) is 0 Å². The third kappa shape index (κ3) is 3.34. The fraction of sp³-hybridized carbons (Fsp3) is 0.471. The number of hydrogen-bond acceptors (Lipinski definition) is 4. The molecule has 24 heavy (non-hydrogen) atoms. The Bertz CT molecular complexity index is 654. The predicted molar refractivity (Wildman–Crippen MR) is 87.5 cm³/mol. The molecule has 0 aromatic heterocycles. The lowest BCUT2D eigenvalue weighted by atomic mass is 10.3. The topological polar surface area (TPSA) is 70.2 Å². The smallest absolute Gasteiger partial charge is 0.248 e. The molecule has 1 heterocycles. The van der Waals surface area contributed by atoms with Crippen LogP contribution in [0.1, 0.15) is 19.8 Å². The van der Waals surface area contributed by atoms with Crippen LogP contribution in [0, 0.1) is 0 Å². The lowest BCUT2D eigenvalue weighted by Crippen LogP contribution is -2.43. The molecule has 3 amide bonds. The molecule has 0 spiro atoms. The van der Waals surface area contributed by atoms with E-state index in [0.29, 0.717) is 5.75 Å². The Kier molecular flexibility index (Phi) is 4.42. The molecule has 2 fully saturated rings. The van der Waals surface area contributed by atoms with Gasteiger partial charge in [0.25, 0.3) is 0 Å². The molecule has 1 aromatic carbocycles. The molecule has 3 rings (SSSR count). The fourth-order valence-corrected chi connectivity index (χ4v) is 2.83. The summed E-state index contributed by atoms with van der Waals surface area (Å²) in [7, 11) is 1.58. The van der Waals surface area contributed by atoms with Crippen molar-refractivity contribution in [1.29, 1.82) is 0 Å². The van der Waals surface area contributed by atoms with Gasteiger partial charge in [-0.15, -0.1) is 0 Å².